The van der Waals surface area contributed by atoms with Crippen LogP contribution in [-0.4, -0.2) is 9.55 Å². The third kappa shape index (κ3) is 2.80. The smallest absolute Gasteiger partial charge is 0.182 e. The van der Waals surface area contributed by atoms with Gasteiger partial charge in [0.1, 0.15) is 0 Å². The van der Waals surface area contributed by atoms with E-state index in [4.69, 9.17) is 23.8 Å². The third-order valence-corrected chi connectivity index (χ3v) is 4.12. The molecule has 1 aromatic heterocycles. The minimum absolute atomic E-state index is 0.637. The van der Waals surface area contributed by atoms with Crippen molar-refractivity contribution in [3.8, 4) is 16.9 Å². The van der Waals surface area contributed by atoms with E-state index in [1.165, 1.54) is 5.56 Å². The first-order valence-electron chi connectivity index (χ1n) is 6.85. The van der Waals surface area contributed by atoms with Crippen LogP contribution in [0.1, 0.15) is 12.5 Å². The van der Waals surface area contributed by atoms with Gasteiger partial charge in [0.15, 0.2) is 4.77 Å². The molecule has 0 radical (unpaired) electrons. The van der Waals surface area contributed by atoms with Crippen molar-refractivity contribution in [3.63, 3.8) is 0 Å². The molecule has 2 aromatic carbocycles. The van der Waals surface area contributed by atoms with Gasteiger partial charge in [-0.05, 0) is 41.9 Å². The number of nitrogens with zero attached hydrogens (tertiary/aromatic N) is 1. The van der Waals surface area contributed by atoms with Crippen molar-refractivity contribution in [2.45, 2.75) is 13.3 Å². The molecule has 0 unspecified atom stereocenters. The molecule has 0 bridgehead atoms. The number of nitrogens with one attached hydrogen (secondary N) is 1. The standard InChI is InChI=1S/C17H15ClN2S/c1-2-12-7-9-13(10-8-12)15-11-20(17(21)19-15)16-6-4-3-5-14(16)18/h3-11H,2H2,1H3,(H,19,21). The van der Waals surface area contributed by atoms with E-state index in [-0.39, 0.29) is 0 Å². The topological polar surface area (TPSA) is 20.7 Å². The van der Waals surface area contributed by atoms with Crippen molar-refractivity contribution in [1.29, 1.82) is 0 Å². The van der Waals surface area contributed by atoms with Crippen LogP contribution in [0.25, 0.3) is 16.9 Å². The molecule has 1 heterocycles. The van der Waals surface area contributed by atoms with Gasteiger partial charge in [0, 0.05) is 6.20 Å². The fraction of sp³-hybridized carbons (Fsp3) is 0.118. The lowest BCUT2D eigenvalue weighted by molar-refractivity contribution is 1.03. The van der Waals surface area contributed by atoms with E-state index in [2.05, 4.69) is 36.2 Å². The molecule has 4 heteroatoms. The van der Waals surface area contributed by atoms with Gasteiger partial charge < -0.3 is 4.98 Å². The zero-order chi connectivity index (χ0) is 14.8. The van der Waals surface area contributed by atoms with Gasteiger partial charge in [-0.3, -0.25) is 4.57 Å². The number of aromatic amines is 1. The largest absolute Gasteiger partial charge is 0.330 e. The molecule has 3 rings (SSSR count). The van der Waals surface area contributed by atoms with Crippen molar-refractivity contribution < 1.29 is 0 Å². The first-order valence-corrected chi connectivity index (χ1v) is 7.63. The normalized spacial score (nSPS) is 10.8. The lowest BCUT2D eigenvalue weighted by Crippen LogP contribution is -1.92. The average molecular weight is 315 g/mol. The summed E-state index contributed by atoms with van der Waals surface area (Å²) in [6.07, 6.45) is 3.03. The molecule has 0 fully saturated rings. The Labute approximate surface area is 134 Å². The van der Waals surface area contributed by atoms with E-state index in [0.29, 0.717) is 9.79 Å². The summed E-state index contributed by atoms with van der Waals surface area (Å²) < 4.78 is 2.54. The van der Waals surface area contributed by atoms with E-state index < -0.39 is 0 Å². The number of imidazole rings is 1. The van der Waals surface area contributed by atoms with Crippen LogP contribution in [0.4, 0.5) is 0 Å². The summed E-state index contributed by atoms with van der Waals surface area (Å²) >= 11 is 11.7. The Bertz CT molecular complexity index is 815. The number of para-hydroxylation sites is 1. The number of rotatable bonds is 3. The Morgan fingerprint density at radius 3 is 2.48 bits per heavy atom. The Kier molecular flexibility index (Phi) is 3.95. The van der Waals surface area contributed by atoms with Crippen molar-refractivity contribution in [3.05, 3.63) is 70.1 Å². The Hall–Kier alpha value is -1.84. The third-order valence-electron chi connectivity index (χ3n) is 3.50. The number of H-pyrrole nitrogens is 1. The number of hydrogen-bond donors (Lipinski definition) is 1. The second-order valence-electron chi connectivity index (χ2n) is 4.84. The minimum Gasteiger partial charge on any atom is -0.330 e. The number of hydrogen-bond acceptors (Lipinski definition) is 1. The van der Waals surface area contributed by atoms with Crippen LogP contribution < -0.4 is 0 Å². The van der Waals surface area contributed by atoms with E-state index >= 15 is 0 Å². The fourth-order valence-electron chi connectivity index (χ4n) is 2.29. The number of aromatic nitrogens is 2. The molecule has 0 saturated heterocycles. The maximum Gasteiger partial charge on any atom is 0.182 e. The van der Waals surface area contributed by atoms with Gasteiger partial charge in [0.25, 0.3) is 0 Å². The van der Waals surface area contributed by atoms with E-state index in [1.807, 2.05) is 35.0 Å². The van der Waals surface area contributed by atoms with Gasteiger partial charge in [0.2, 0.25) is 0 Å². The average Bonchev–Trinajstić information content (AvgIpc) is 2.90. The van der Waals surface area contributed by atoms with Gasteiger partial charge in [0.05, 0.1) is 16.4 Å². The van der Waals surface area contributed by atoms with Gasteiger partial charge in [-0.1, -0.05) is 54.9 Å². The minimum atomic E-state index is 0.637. The lowest BCUT2D eigenvalue weighted by Gasteiger charge is -2.04. The van der Waals surface area contributed by atoms with Gasteiger partial charge >= 0.3 is 0 Å². The summed E-state index contributed by atoms with van der Waals surface area (Å²) in [7, 11) is 0. The molecule has 1 N–H and O–H groups in total. The monoisotopic (exact) mass is 314 g/mol. The van der Waals surface area contributed by atoms with Crippen LogP contribution in [0.5, 0.6) is 0 Å². The second-order valence-corrected chi connectivity index (χ2v) is 5.64. The molecule has 106 valence electrons. The van der Waals surface area contributed by atoms with Crippen LogP contribution in [0.15, 0.2) is 54.7 Å². The van der Waals surface area contributed by atoms with Gasteiger partial charge in [-0.15, -0.1) is 0 Å². The van der Waals surface area contributed by atoms with Crippen molar-refractivity contribution in [1.82, 2.24) is 9.55 Å². The van der Waals surface area contributed by atoms with Crippen LogP contribution in [-0.2, 0) is 6.42 Å². The zero-order valence-electron chi connectivity index (χ0n) is 11.6. The van der Waals surface area contributed by atoms with Crippen LogP contribution in [0.2, 0.25) is 5.02 Å². The van der Waals surface area contributed by atoms with Crippen LogP contribution >= 0.6 is 23.8 Å². The predicted octanol–water partition coefficient (Wildman–Crippen LogP) is 5.42. The van der Waals surface area contributed by atoms with Gasteiger partial charge in [-0.2, -0.15) is 0 Å². The molecule has 0 aliphatic rings. The SMILES string of the molecule is CCc1ccc(-c2cn(-c3ccccc3Cl)c(=S)[nH]2)cc1. The first-order chi connectivity index (χ1) is 10.2. The summed E-state index contributed by atoms with van der Waals surface area (Å²) in [5.41, 5.74) is 4.31. The molecule has 0 spiro atoms. The van der Waals surface area contributed by atoms with Crippen LogP contribution in [0, 0.1) is 4.77 Å². The number of aryl methyl sites for hydroxylation is 1. The summed E-state index contributed by atoms with van der Waals surface area (Å²) in [5, 5.41) is 0.681. The predicted molar refractivity (Wildman–Crippen MR) is 90.8 cm³/mol. The van der Waals surface area contributed by atoms with E-state index in [0.717, 1.165) is 23.4 Å². The Morgan fingerprint density at radius 1 is 1.10 bits per heavy atom. The van der Waals surface area contributed by atoms with Gasteiger partial charge in [-0.25, -0.2) is 0 Å². The molecule has 0 amide bonds. The summed E-state index contributed by atoms with van der Waals surface area (Å²) in [6.45, 7) is 2.15. The molecular formula is C17H15ClN2S. The highest BCUT2D eigenvalue weighted by Gasteiger charge is 2.07. The highest BCUT2D eigenvalue weighted by molar-refractivity contribution is 7.71. The highest BCUT2D eigenvalue weighted by atomic mass is 35.5. The summed E-state index contributed by atoms with van der Waals surface area (Å²) in [4.78, 5) is 3.24. The van der Waals surface area contributed by atoms with Crippen molar-refractivity contribution in [2.24, 2.45) is 0 Å². The number of halogens is 1. The van der Waals surface area contributed by atoms with Crippen LogP contribution in [0.3, 0.4) is 0 Å². The molecule has 21 heavy (non-hydrogen) atoms. The highest BCUT2D eigenvalue weighted by Crippen LogP contribution is 2.24. The number of benzene rings is 2. The fourth-order valence-corrected chi connectivity index (χ4v) is 2.78. The van der Waals surface area contributed by atoms with Crippen molar-refractivity contribution >= 4 is 23.8 Å². The molecule has 0 saturated carbocycles. The summed E-state index contributed by atoms with van der Waals surface area (Å²) in [6, 6.07) is 16.2. The molecule has 2 nitrogen and oxygen atoms in total. The second kappa shape index (κ2) is 5.88. The Morgan fingerprint density at radius 2 is 1.81 bits per heavy atom. The van der Waals surface area contributed by atoms with E-state index in [1.54, 1.807) is 0 Å². The maximum absolute atomic E-state index is 6.24. The van der Waals surface area contributed by atoms with Crippen molar-refractivity contribution in [2.75, 3.05) is 0 Å². The molecular weight excluding hydrogens is 300 g/mol. The quantitative estimate of drug-likeness (QED) is 0.640. The summed E-state index contributed by atoms with van der Waals surface area (Å²) in [5.74, 6) is 0. The lowest BCUT2D eigenvalue weighted by atomic mass is 10.1. The molecule has 0 atom stereocenters. The molecule has 0 aliphatic heterocycles. The molecule has 3 aromatic rings. The molecule has 0 aliphatic carbocycles. The maximum atomic E-state index is 6.24. The van der Waals surface area contributed by atoms with E-state index in [9.17, 15) is 0 Å². The zero-order valence-corrected chi connectivity index (χ0v) is 13.2. The Balaban J connectivity index is 2.05. The first kappa shape index (κ1) is 14.1.